The van der Waals surface area contributed by atoms with Gasteiger partial charge in [-0.1, -0.05) is 49.7 Å². The van der Waals surface area contributed by atoms with E-state index in [1.165, 1.54) is 0 Å². The van der Waals surface area contributed by atoms with Crippen LogP contribution in [-0.4, -0.2) is 30.3 Å². The van der Waals surface area contributed by atoms with Crippen molar-refractivity contribution in [3.05, 3.63) is 47.0 Å². The van der Waals surface area contributed by atoms with E-state index in [0.29, 0.717) is 11.6 Å². The number of aliphatic hydroxyl groups is 1. The standard InChI is InChI=1S/C17H23ClN2O2/c1-17(2,13-4-3-5-14(18)9-13)11-19-16(22)20-15-7-6-12(8-15)10-21/h3-7,9,12,15,21H,8,10-11H2,1-2H3,(H2,19,20,22)/t12-,15+/m0/s1. The van der Waals surface area contributed by atoms with Crippen LogP contribution in [0.15, 0.2) is 36.4 Å². The van der Waals surface area contributed by atoms with E-state index in [4.69, 9.17) is 16.7 Å². The van der Waals surface area contributed by atoms with Gasteiger partial charge >= 0.3 is 6.03 Å². The van der Waals surface area contributed by atoms with Gasteiger partial charge in [0.05, 0.1) is 0 Å². The van der Waals surface area contributed by atoms with Crippen LogP contribution >= 0.6 is 11.6 Å². The van der Waals surface area contributed by atoms with Gasteiger partial charge in [0.25, 0.3) is 0 Å². The van der Waals surface area contributed by atoms with Crippen molar-refractivity contribution in [2.75, 3.05) is 13.2 Å². The van der Waals surface area contributed by atoms with Crippen molar-refractivity contribution in [3.63, 3.8) is 0 Å². The molecule has 2 amide bonds. The summed E-state index contributed by atoms with van der Waals surface area (Å²) in [7, 11) is 0. The molecule has 3 N–H and O–H groups in total. The summed E-state index contributed by atoms with van der Waals surface area (Å²) in [5, 5.41) is 15.6. The zero-order valence-electron chi connectivity index (χ0n) is 13.0. The molecule has 1 aromatic rings. The van der Waals surface area contributed by atoms with Crippen LogP contribution in [0.3, 0.4) is 0 Å². The lowest BCUT2D eigenvalue weighted by Gasteiger charge is -2.26. The molecule has 1 aromatic carbocycles. The highest BCUT2D eigenvalue weighted by atomic mass is 35.5. The zero-order chi connectivity index (χ0) is 16.2. The first kappa shape index (κ1) is 16.8. The van der Waals surface area contributed by atoms with Gasteiger partial charge in [-0.05, 0) is 24.1 Å². The molecular formula is C17H23ClN2O2. The molecule has 0 bridgehead atoms. The Kier molecular flexibility index (Phi) is 5.48. The zero-order valence-corrected chi connectivity index (χ0v) is 13.7. The Balaban J connectivity index is 1.84. The number of benzene rings is 1. The first-order valence-corrected chi connectivity index (χ1v) is 7.88. The summed E-state index contributed by atoms with van der Waals surface area (Å²) in [6, 6.07) is 7.49. The quantitative estimate of drug-likeness (QED) is 0.730. The van der Waals surface area contributed by atoms with Crippen molar-refractivity contribution in [1.29, 1.82) is 0 Å². The number of amides is 2. The summed E-state index contributed by atoms with van der Waals surface area (Å²) in [6.07, 6.45) is 4.63. The lowest BCUT2D eigenvalue weighted by molar-refractivity contribution is 0.229. The molecule has 0 fully saturated rings. The average Bonchev–Trinajstić information content (AvgIpc) is 2.93. The Morgan fingerprint density at radius 3 is 2.82 bits per heavy atom. The molecule has 1 aliphatic rings. The van der Waals surface area contributed by atoms with Crippen LogP contribution in [0.2, 0.25) is 5.02 Å². The van der Waals surface area contributed by atoms with E-state index in [1.807, 2.05) is 36.4 Å². The van der Waals surface area contributed by atoms with Crippen LogP contribution in [0.25, 0.3) is 0 Å². The number of nitrogens with one attached hydrogen (secondary N) is 2. The highest BCUT2D eigenvalue weighted by Gasteiger charge is 2.23. The molecule has 0 spiro atoms. The molecule has 0 radical (unpaired) electrons. The average molecular weight is 323 g/mol. The maximum Gasteiger partial charge on any atom is 0.315 e. The van der Waals surface area contributed by atoms with Gasteiger partial charge < -0.3 is 15.7 Å². The fourth-order valence-electron chi connectivity index (χ4n) is 2.55. The molecule has 0 aliphatic heterocycles. The Hall–Kier alpha value is -1.52. The fraction of sp³-hybridized carbons (Fsp3) is 0.471. The number of rotatable bonds is 5. The van der Waals surface area contributed by atoms with E-state index >= 15 is 0 Å². The van der Waals surface area contributed by atoms with Gasteiger partial charge in [-0.2, -0.15) is 0 Å². The van der Waals surface area contributed by atoms with Crippen molar-refractivity contribution in [3.8, 4) is 0 Å². The molecular weight excluding hydrogens is 300 g/mol. The maximum absolute atomic E-state index is 12.0. The predicted molar refractivity (Wildman–Crippen MR) is 89.1 cm³/mol. The van der Waals surface area contributed by atoms with E-state index in [9.17, 15) is 4.79 Å². The second kappa shape index (κ2) is 7.16. The molecule has 0 aromatic heterocycles. The van der Waals surface area contributed by atoms with Gasteiger partial charge in [0.2, 0.25) is 0 Å². The van der Waals surface area contributed by atoms with Gasteiger partial charge in [-0.25, -0.2) is 4.79 Å². The van der Waals surface area contributed by atoms with E-state index in [0.717, 1.165) is 12.0 Å². The summed E-state index contributed by atoms with van der Waals surface area (Å²) in [6.45, 7) is 4.77. The molecule has 1 aliphatic carbocycles. The largest absolute Gasteiger partial charge is 0.396 e. The number of hydrogen-bond acceptors (Lipinski definition) is 2. The number of urea groups is 1. The molecule has 5 heteroatoms. The summed E-state index contributed by atoms with van der Waals surface area (Å²) in [5.41, 5.74) is 0.878. The summed E-state index contributed by atoms with van der Waals surface area (Å²) < 4.78 is 0. The number of aliphatic hydroxyl groups excluding tert-OH is 1. The number of halogens is 1. The van der Waals surface area contributed by atoms with Crippen molar-refractivity contribution < 1.29 is 9.90 Å². The highest BCUT2D eigenvalue weighted by Crippen LogP contribution is 2.24. The molecule has 2 rings (SSSR count). The first-order chi connectivity index (χ1) is 10.4. The predicted octanol–water partition coefficient (Wildman–Crippen LogP) is 2.85. The van der Waals surface area contributed by atoms with Crippen LogP contribution < -0.4 is 10.6 Å². The van der Waals surface area contributed by atoms with Crippen LogP contribution in [-0.2, 0) is 5.41 Å². The van der Waals surface area contributed by atoms with E-state index in [2.05, 4.69) is 24.5 Å². The molecule has 22 heavy (non-hydrogen) atoms. The minimum Gasteiger partial charge on any atom is -0.396 e. The monoisotopic (exact) mass is 322 g/mol. The minimum atomic E-state index is -0.207. The van der Waals surface area contributed by atoms with Crippen molar-refractivity contribution in [1.82, 2.24) is 10.6 Å². The van der Waals surface area contributed by atoms with Gasteiger partial charge in [-0.15, -0.1) is 0 Å². The molecule has 4 nitrogen and oxygen atoms in total. The molecule has 120 valence electrons. The van der Waals surface area contributed by atoms with Crippen LogP contribution in [0.4, 0.5) is 4.79 Å². The first-order valence-electron chi connectivity index (χ1n) is 7.50. The minimum absolute atomic E-state index is 0.00793. The van der Waals surface area contributed by atoms with Crippen LogP contribution in [0.5, 0.6) is 0 Å². The molecule has 2 atom stereocenters. The fourth-order valence-corrected chi connectivity index (χ4v) is 2.74. The Bertz CT molecular complexity index is 557. The number of hydrogen-bond donors (Lipinski definition) is 3. The third-order valence-electron chi connectivity index (χ3n) is 4.02. The number of carbonyl (C=O) groups excluding carboxylic acids is 1. The summed E-state index contributed by atoms with van der Waals surface area (Å²) in [5.74, 6) is 0.146. The molecule has 0 unspecified atom stereocenters. The smallest absolute Gasteiger partial charge is 0.315 e. The lowest BCUT2D eigenvalue weighted by atomic mass is 9.85. The van der Waals surface area contributed by atoms with Gasteiger partial charge in [0.1, 0.15) is 0 Å². The Labute approximate surface area is 136 Å². The maximum atomic E-state index is 12.0. The van der Waals surface area contributed by atoms with Crippen LogP contribution in [0, 0.1) is 5.92 Å². The van der Waals surface area contributed by atoms with E-state index in [1.54, 1.807) is 0 Å². The summed E-state index contributed by atoms with van der Waals surface area (Å²) >= 11 is 6.03. The van der Waals surface area contributed by atoms with Crippen molar-refractivity contribution in [2.45, 2.75) is 31.7 Å². The Morgan fingerprint density at radius 1 is 1.41 bits per heavy atom. The third-order valence-corrected chi connectivity index (χ3v) is 4.26. The summed E-state index contributed by atoms with van der Waals surface area (Å²) in [4.78, 5) is 12.0. The SMILES string of the molecule is CC(C)(CNC(=O)N[C@@H]1C=C[C@H](CO)C1)c1cccc(Cl)c1. The van der Waals surface area contributed by atoms with Gasteiger partial charge in [0.15, 0.2) is 0 Å². The lowest BCUT2D eigenvalue weighted by Crippen LogP contribution is -2.45. The third kappa shape index (κ3) is 4.49. The molecule has 0 saturated heterocycles. The van der Waals surface area contributed by atoms with Crippen LogP contribution in [0.1, 0.15) is 25.8 Å². The van der Waals surface area contributed by atoms with E-state index < -0.39 is 0 Å². The van der Waals surface area contributed by atoms with E-state index in [-0.39, 0.29) is 30.0 Å². The van der Waals surface area contributed by atoms with Gasteiger partial charge in [-0.3, -0.25) is 0 Å². The molecule has 0 saturated carbocycles. The normalized spacial score (nSPS) is 20.9. The number of carbonyl (C=O) groups is 1. The van der Waals surface area contributed by atoms with Crippen molar-refractivity contribution >= 4 is 17.6 Å². The Morgan fingerprint density at radius 2 is 2.18 bits per heavy atom. The second-order valence-corrected chi connectivity index (χ2v) is 6.83. The molecule has 0 heterocycles. The highest BCUT2D eigenvalue weighted by molar-refractivity contribution is 6.30. The topological polar surface area (TPSA) is 61.4 Å². The second-order valence-electron chi connectivity index (χ2n) is 6.39. The van der Waals surface area contributed by atoms with Crippen molar-refractivity contribution in [2.24, 2.45) is 5.92 Å². The van der Waals surface area contributed by atoms with Gasteiger partial charge in [0, 0.05) is 35.5 Å².